The lowest BCUT2D eigenvalue weighted by molar-refractivity contribution is -0.265. The number of cyclic esters (lactones) is 1. The van der Waals surface area contributed by atoms with Crippen LogP contribution >= 0.6 is 21.6 Å². The van der Waals surface area contributed by atoms with Crippen molar-refractivity contribution < 1.29 is 122 Å². The normalized spacial score (nSPS) is 31.9. The molecule has 1 aliphatic carbocycles. The minimum atomic E-state index is -2.50. The Morgan fingerprint density at radius 1 is 0.802 bits per heavy atom. The highest BCUT2D eigenvalue weighted by Gasteiger charge is 2.53. The third-order valence-electron chi connectivity index (χ3n) is 19.5. The van der Waals surface area contributed by atoms with Crippen molar-refractivity contribution in [2.24, 2.45) is 41.4 Å². The van der Waals surface area contributed by atoms with Crippen molar-refractivity contribution in [3.63, 3.8) is 0 Å². The lowest BCUT2D eigenvalue weighted by Crippen LogP contribution is -2.61. The van der Waals surface area contributed by atoms with Gasteiger partial charge in [-0.3, -0.25) is 28.8 Å². The smallest absolute Gasteiger partial charge is 0.480 e. The molecule has 4 aliphatic rings. The molecule has 3 aliphatic heterocycles. The number of ether oxygens (including phenoxy) is 8. The molecule has 101 heavy (non-hydrogen) atoms. The number of allylic oxidation sites excluding steroid dienone is 6. The summed E-state index contributed by atoms with van der Waals surface area (Å²) < 4.78 is 46.5. The standard InChI is InChI=1S/C71H113N3O25S2/c1-40-17-13-12-14-18-41(2)56(92-9)35-49-23-21-47(8)71(91,99-49)65(84)67(86)74-26-16-15-19-51(74)69(89)98-57(36-52(76)43(4)32-46(7)61(81)64(94-11)60(80)45(6)31-40)44(5)33-48-22-24-55(58(34-48)93-10)95-27-28-96-70(90)97-29-30-100-101-39-50(68(87)88)73-66(85)42(3)20-25-59(79)72-37-53(77)62(82)63(83)54(78)38-75/h12-14,17-18,32,40,42-45,47-51,53-58,61-64,75,77-78,81-83,91H,15-16,19-31,33-39H2,1-11H3,(H,72,79)(H,73,85)(H,87,88)/b14-12+,17-13+,41-18+,46-32+/t40-,42+,43-,44-,45-,47-,48+,49+,50+,51+,53+,54-,55-,56+,57+,58-,61-,62-,63-,64+,71-/m1/s1. The first-order valence-corrected chi connectivity index (χ1v) is 37.6. The number of amides is 3. The third-order valence-corrected chi connectivity index (χ3v) is 21.9. The molecule has 3 amide bonds. The lowest BCUT2D eigenvalue weighted by atomic mass is 9.78. The quantitative estimate of drug-likeness (QED) is 0.0172. The summed E-state index contributed by atoms with van der Waals surface area (Å²) >= 11 is 0. The molecule has 30 heteroatoms. The van der Waals surface area contributed by atoms with E-state index in [9.17, 15) is 78.9 Å². The molecule has 2 bridgehead atoms. The summed E-state index contributed by atoms with van der Waals surface area (Å²) in [7, 11) is 6.75. The van der Waals surface area contributed by atoms with E-state index in [0.29, 0.717) is 63.4 Å². The molecule has 2 saturated heterocycles. The molecule has 0 unspecified atom stereocenters. The highest BCUT2D eigenvalue weighted by molar-refractivity contribution is 8.76. The lowest BCUT2D eigenvalue weighted by Gasteiger charge is -2.42. The molecule has 21 atom stereocenters. The molecule has 0 aromatic rings. The van der Waals surface area contributed by atoms with Crippen LogP contribution in [0.1, 0.15) is 145 Å². The number of fused-ring (bicyclic) bond motifs is 3. The number of aliphatic carboxylic acids is 1. The van der Waals surface area contributed by atoms with Crippen LogP contribution < -0.4 is 10.6 Å². The van der Waals surface area contributed by atoms with Gasteiger partial charge in [-0.1, -0.05) is 99.6 Å². The Hall–Kier alpha value is -5.19. The average Bonchev–Trinajstić information content (AvgIpc) is 0.774. The van der Waals surface area contributed by atoms with Gasteiger partial charge in [0, 0.05) is 88.9 Å². The number of carboxylic acid groups (broad SMARTS) is 1. The molecule has 0 spiro atoms. The van der Waals surface area contributed by atoms with E-state index < -0.39 is 169 Å². The number of hydrogen-bond donors (Lipinski definition) is 10. The molecule has 4 rings (SSSR count). The molecular weight excluding hydrogens is 1360 g/mol. The fourth-order valence-corrected chi connectivity index (χ4v) is 14.9. The number of Topliss-reactive ketones (excluding diaryl/α,β-unsaturated/α-hetero) is 3. The monoisotopic (exact) mass is 1470 g/mol. The average molecular weight is 1470 g/mol. The van der Waals surface area contributed by atoms with Crippen molar-refractivity contribution in [1.82, 2.24) is 15.5 Å². The zero-order valence-electron chi connectivity index (χ0n) is 60.3. The van der Waals surface area contributed by atoms with Gasteiger partial charge in [-0.05, 0) is 113 Å². The summed E-state index contributed by atoms with van der Waals surface area (Å²) in [5.74, 6) is -12.0. The van der Waals surface area contributed by atoms with Gasteiger partial charge in [0.05, 0.1) is 43.7 Å². The van der Waals surface area contributed by atoms with Gasteiger partial charge in [0.25, 0.3) is 11.7 Å². The number of ketones is 3. The first-order chi connectivity index (χ1) is 47.8. The van der Waals surface area contributed by atoms with Crippen molar-refractivity contribution in [2.45, 2.75) is 230 Å². The maximum absolute atomic E-state index is 14.7. The second kappa shape index (κ2) is 44.6. The fourth-order valence-electron chi connectivity index (χ4n) is 12.9. The summed E-state index contributed by atoms with van der Waals surface area (Å²) in [5.41, 5.74) is 1.17. The topological polar surface area (TPSA) is 417 Å². The zero-order chi connectivity index (χ0) is 75.3. The predicted octanol–water partition coefficient (Wildman–Crippen LogP) is 4.28. The van der Waals surface area contributed by atoms with E-state index in [1.807, 2.05) is 51.2 Å². The number of nitrogens with one attached hydrogen (secondary N) is 2. The third kappa shape index (κ3) is 28.0. The van der Waals surface area contributed by atoms with Crippen LogP contribution in [0.3, 0.4) is 0 Å². The van der Waals surface area contributed by atoms with Gasteiger partial charge < -0.3 is 94.3 Å². The highest BCUT2D eigenvalue weighted by atomic mass is 33.1. The van der Waals surface area contributed by atoms with Crippen LogP contribution in [0.25, 0.3) is 0 Å². The fraction of sp³-hybridized carbons (Fsp3) is 0.761. The molecule has 3 heterocycles. The molecule has 0 aromatic carbocycles. The number of nitrogens with zero attached hydrogens (tertiary/aromatic N) is 1. The Labute approximate surface area is 601 Å². The molecule has 10 N–H and O–H groups in total. The number of methoxy groups -OCH3 is 3. The second-order valence-corrected chi connectivity index (χ2v) is 30.1. The molecule has 0 radical (unpaired) electrons. The predicted molar refractivity (Wildman–Crippen MR) is 373 cm³/mol. The van der Waals surface area contributed by atoms with Crippen LogP contribution in [0, 0.1) is 41.4 Å². The molecule has 3 fully saturated rings. The number of piperidine rings is 1. The second-order valence-electron chi connectivity index (χ2n) is 27.4. The van der Waals surface area contributed by atoms with E-state index in [1.165, 1.54) is 24.8 Å². The maximum Gasteiger partial charge on any atom is 0.508 e. The first kappa shape index (κ1) is 88.2. The summed E-state index contributed by atoms with van der Waals surface area (Å²) in [4.78, 5) is 123. The number of carbonyl (C=O) groups excluding carboxylic acids is 8. The number of aliphatic hydroxyl groups excluding tert-OH is 6. The van der Waals surface area contributed by atoms with Crippen LogP contribution in [0.5, 0.6) is 0 Å². The summed E-state index contributed by atoms with van der Waals surface area (Å²) in [5, 5.41) is 86.3. The Balaban J connectivity index is 1.37. The van der Waals surface area contributed by atoms with E-state index >= 15 is 0 Å². The van der Waals surface area contributed by atoms with Crippen molar-refractivity contribution in [3.05, 3.63) is 47.6 Å². The number of aliphatic hydroxyl groups is 7. The first-order valence-electron chi connectivity index (χ1n) is 35.1. The van der Waals surface area contributed by atoms with E-state index in [0.717, 1.165) is 21.3 Å². The minimum Gasteiger partial charge on any atom is -0.480 e. The van der Waals surface area contributed by atoms with Gasteiger partial charge in [-0.25, -0.2) is 14.4 Å². The van der Waals surface area contributed by atoms with Gasteiger partial charge in [0.2, 0.25) is 17.6 Å². The van der Waals surface area contributed by atoms with Gasteiger partial charge in [-0.15, -0.1) is 0 Å². The SMILES string of the molecule is CO[C@H]1C[C@@H]2CC[C@@H](C)[C@@](O)(O2)C(=O)C(=O)N2CCCC[C@H]2C(=O)O[C@H]([C@H](C)C[C@@H]2CC[C@@H](OCCOC(=O)OCCSSC[C@H](NC(=O)[C@@H](C)CCC(=O)NC[C@H](O)[C@@H](O)[C@H](O)[C@H](O)CO)C(=O)O)[C@H](OC)C2)CC(=O)[C@H](C)/C=C(\C)[C@@H](O)[C@@H](OC)C(=O)[C@H](C)C[C@H](C)/C=C/C=C/C=C/1C. The molecule has 0 aromatic heterocycles. The van der Waals surface area contributed by atoms with Crippen molar-refractivity contribution >= 4 is 74.8 Å². The van der Waals surface area contributed by atoms with Gasteiger partial charge in [0.15, 0.2) is 5.78 Å². The minimum absolute atomic E-state index is 0.0000759. The molecule has 574 valence electrons. The van der Waals surface area contributed by atoms with E-state index in [4.69, 9.17) is 43.0 Å². The Morgan fingerprint density at radius 3 is 2.18 bits per heavy atom. The summed E-state index contributed by atoms with van der Waals surface area (Å²) in [6.07, 6.45) is 1.72. The summed E-state index contributed by atoms with van der Waals surface area (Å²) in [6, 6.07) is -2.52. The zero-order valence-corrected chi connectivity index (χ0v) is 62.0. The molecule has 28 nitrogen and oxygen atoms in total. The number of rotatable bonds is 28. The molecule has 1 saturated carbocycles. The van der Waals surface area contributed by atoms with E-state index in [1.54, 1.807) is 48.0 Å². The van der Waals surface area contributed by atoms with Crippen molar-refractivity contribution in [3.8, 4) is 0 Å². The van der Waals surface area contributed by atoms with Gasteiger partial charge in [-0.2, -0.15) is 0 Å². The Kier molecular flexibility index (Phi) is 38.9. The molecular formula is C71H113N3O25S2. The van der Waals surface area contributed by atoms with Crippen LogP contribution in [0.15, 0.2) is 47.6 Å². The van der Waals surface area contributed by atoms with Gasteiger partial charge >= 0.3 is 18.1 Å². The number of esters is 1. The van der Waals surface area contributed by atoms with E-state index in [2.05, 4.69) is 10.6 Å². The Bertz CT molecular complexity index is 2810. The number of carboxylic acids is 1. The largest absolute Gasteiger partial charge is 0.508 e. The van der Waals surface area contributed by atoms with E-state index in [-0.39, 0.29) is 93.4 Å². The summed E-state index contributed by atoms with van der Waals surface area (Å²) in [6.45, 7) is 12.3. The van der Waals surface area contributed by atoms with Crippen LogP contribution in [0.2, 0.25) is 0 Å². The Morgan fingerprint density at radius 2 is 1.50 bits per heavy atom. The highest BCUT2D eigenvalue weighted by Crippen LogP contribution is 2.38. The van der Waals surface area contributed by atoms with Crippen LogP contribution in [-0.2, 0) is 76.3 Å². The van der Waals surface area contributed by atoms with Gasteiger partial charge in [0.1, 0.15) is 67.7 Å². The van der Waals surface area contributed by atoms with Crippen molar-refractivity contribution in [2.75, 3.05) is 72.4 Å². The number of carbonyl (C=O) groups is 9. The maximum atomic E-state index is 14.7. The number of hydrogen-bond acceptors (Lipinski definition) is 26. The van der Waals surface area contributed by atoms with Crippen LogP contribution in [-0.4, -0.2) is 256 Å². The van der Waals surface area contributed by atoms with Crippen molar-refractivity contribution in [1.29, 1.82) is 0 Å². The van der Waals surface area contributed by atoms with Crippen LogP contribution in [0.4, 0.5) is 4.79 Å².